The molecule has 0 aliphatic carbocycles. The number of benzene rings is 2. The number of nitrogens with zero attached hydrogens (tertiary/aromatic N) is 2. The minimum atomic E-state index is -0.902. The van der Waals surface area contributed by atoms with Crippen LogP contribution >= 0.6 is 34.8 Å². The molecule has 2 aromatic carbocycles. The maximum absolute atomic E-state index is 13.2. The Morgan fingerprint density at radius 3 is 2.50 bits per heavy atom. The monoisotopic (exact) mass is 516 g/mol. The molecule has 0 saturated carbocycles. The largest absolute Gasteiger partial charge is 0.507 e. The number of likely N-dealkylation sites (tertiary alicyclic amines) is 1. The van der Waals surface area contributed by atoms with E-state index in [0.717, 1.165) is 5.56 Å². The summed E-state index contributed by atoms with van der Waals surface area (Å²) in [4.78, 5) is 31.8. The van der Waals surface area contributed by atoms with E-state index in [2.05, 4.69) is 4.98 Å². The van der Waals surface area contributed by atoms with Gasteiger partial charge in [-0.05, 0) is 54.4 Å². The molecule has 0 spiro atoms. The highest BCUT2D eigenvalue weighted by atomic mass is 35.5. The number of aliphatic hydroxyl groups excluding tert-OH is 1. The van der Waals surface area contributed by atoms with Crippen molar-refractivity contribution >= 4 is 52.3 Å². The summed E-state index contributed by atoms with van der Waals surface area (Å²) in [6.45, 7) is 2.27. The molecule has 1 unspecified atom stereocenters. The fourth-order valence-corrected chi connectivity index (χ4v) is 4.31. The van der Waals surface area contributed by atoms with E-state index in [-0.39, 0.29) is 28.5 Å². The second-order valence-electron chi connectivity index (χ2n) is 7.54. The maximum atomic E-state index is 13.2. The Balaban J connectivity index is 1.88. The number of Topliss-reactive ketones (excluding diaryl/α,β-unsaturated/α-hetero) is 1. The molecule has 174 valence electrons. The van der Waals surface area contributed by atoms with Crippen LogP contribution in [0.25, 0.3) is 5.76 Å². The van der Waals surface area contributed by atoms with Crippen molar-refractivity contribution in [3.8, 4) is 5.75 Å². The summed E-state index contributed by atoms with van der Waals surface area (Å²) in [6, 6.07) is 12.1. The molecule has 1 aromatic heterocycles. The number of hydrogen-bond donors (Lipinski definition) is 1. The van der Waals surface area contributed by atoms with Gasteiger partial charge in [0, 0.05) is 24.5 Å². The lowest BCUT2D eigenvalue weighted by Crippen LogP contribution is -2.29. The molecule has 1 aliphatic heterocycles. The predicted molar refractivity (Wildman–Crippen MR) is 131 cm³/mol. The second kappa shape index (κ2) is 10.1. The predicted octanol–water partition coefficient (Wildman–Crippen LogP) is 6.06. The van der Waals surface area contributed by atoms with E-state index in [1.54, 1.807) is 61.8 Å². The first-order valence-electron chi connectivity index (χ1n) is 10.4. The average Bonchev–Trinajstić information content (AvgIpc) is 3.07. The zero-order valence-electron chi connectivity index (χ0n) is 18.0. The van der Waals surface area contributed by atoms with Gasteiger partial charge in [0.2, 0.25) is 0 Å². The lowest BCUT2D eigenvalue weighted by molar-refractivity contribution is -0.140. The molecular weight excluding hydrogens is 499 g/mol. The molecule has 4 rings (SSSR count). The van der Waals surface area contributed by atoms with Crippen LogP contribution in [0.1, 0.15) is 29.7 Å². The van der Waals surface area contributed by atoms with Gasteiger partial charge in [-0.25, -0.2) is 0 Å². The fourth-order valence-electron chi connectivity index (χ4n) is 3.83. The molecule has 1 amide bonds. The van der Waals surface area contributed by atoms with Crippen LogP contribution < -0.4 is 4.74 Å². The summed E-state index contributed by atoms with van der Waals surface area (Å²) in [5.74, 6) is -1.56. The summed E-state index contributed by atoms with van der Waals surface area (Å²) in [5.41, 5.74) is 1.46. The molecule has 1 saturated heterocycles. The van der Waals surface area contributed by atoms with Crippen LogP contribution in [0.5, 0.6) is 5.75 Å². The second-order valence-corrected chi connectivity index (χ2v) is 8.76. The minimum Gasteiger partial charge on any atom is -0.507 e. The number of hydrogen-bond acceptors (Lipinski definition) is 5. The molecule has 0 radical (unpaired) electrons. The highest BCUT2D eigenvalue weighted by Gasteiger charge is 2.46. The van der Waals surface area contributed by atoms with Crippen LogP contribution in [0.4, 0.5) is 0 Å². The van der Waals surface area contributed by atoms with Crippen molar-refractivity contribution in [2.75, 3.05) is 6.61 Å². The fraction of sp³-hybridized carbons (Fsp3) is 0.160. The van der Waals surface area contributed by atoms with Crippen molar-refractivity contribution < 1.29 is 19.4 Å². The molecule has 0 bridgehead atoms. The van der Waals surface area contributed by atoms with Gasteiger partial charge >= 0.3 is 0 Å². The van der Waals surface area contributed by atoms with Crippen LogP contribution in [0.2, 0.25) is 15.1 Å². The van der Waals surface area contributed by atoms with E-state index >= 15 is 0 Å². The lowest BCUT2D eigenvalue weighted by atomic mass is 9.95. The number of carbonyl (C=O) groups excluding carboxylic acids is 2. The van der Waals surface area contributed by atoms with E-state index in [4.69, 9.17) is 39.5 Å². The average molecular weight is 518 g/mol. The van der Waals surface area contributed by atoms with Gasteiger partial charge in [0.05, 0.1) is 33.3 Å². The molecule has 1 aliphatic rings. The normalized spacial score (nSPS) is 17.3. The minimum absolute atomic E-state index is 0.0722. The third-order valence-corrected chi connectivity index (χ3v) is 6.43. The van der Waals surface area contributed by atoms with E-state index in [1.165, 1.54) is 11.0 Å². The first-order chi connectivity index (χ1) is 16.3. The molecule has 1 N–H and O–H groups in total. The van der Waals surface area contributed by atoms with E-state index in [9.17, 15) is 14.7 Å². The molecule has 2 heterocycles. The Morgan fingerprint density at radius 2 is 1.82 bits per heavy atom. The lowest BCUT2D eigenvalue weighted by Gasteiger charge is -2.25. The Hall–Kier alpha value is -3.06. The van der Waals surface area contributed by atoms with Gasteiger partial charge in [-0.1, -0.05) is 46.9 Å². The number of aliphatic hydroxyl groups is 1. The van der Waals surface area contributed by atoms with Crippen LogP contribution in [0, 0.1) is 0 Å². The highest BCUT2D eigenvalue weighted by Crippen LogP contribution is 2.42. The number of ether oxygens (including phenoxy) is 1. The quantitative estimate of drug-likeness (QED) is 0.244. The zero-order chi connectivity index (χ0) is 24.4. The number of aromatic nitrogens is 1. The highest BCUT2D eigenvalue weighted by molar-refractivity contribution is 6.47. The van der Waals surface area contributed by atoms with Crippen LogP contribution in [-0.2, 0) is 16.1 Å². The number of ketones is 1. The Bertz CT molecular complexity index is 1290. The van der Waals surface area contributed by atoms with Gasteiger partial charge in [-0.3, -0.25) is 14.6 Å². The standard InChI is InChI=1S/C25H19Cl3N2O4/c1-2-34-20-11-16(6-8-18(20)27)23(31)21-22(15-5-7-17(26)19(28)10-15)30(25(33)24(21)32)13-14-4-3-9-29-12-14/h3-12,22,31H,2,13H2,1H3/b23-21-. The summed E-state index contributed by atoms with van der Waals surface area (Å²) < 4.78 is 5.51. The molecule has 9 heteroatoms. The van der Waals surface area contributed by atoms with Crippen molar-refractivity contribution in [3.63, 3.8) is 0 Å². The van der Waals surface area contributed by atoms with Crippen molar-refractivity contribution in [2.45, 2.75) is 19.5 Å². The molecule has 1 atom stereocenters. The van der Waals surface area contributed by atoms with Crippen LogP contribution in [0.3, 0.4) is 0 Å². The van der Waals surface area contributed by atoms with Gasteiger partial charge < -0.3 is 14.7 Å². The number of halogens is 3. The van der Waals surface area contributed by atoms with Crippen LogP contribution in [0.15, 0.2) is 66.5 Å². The zero-order valence-corrected chi connectivity index (χ0v) is 20.2. The first-order valence-corrected chi connectivity index (χ1v) is 11.5. The number of rotatable bonds is 6. The first kappa shape index (κ1) is 24.1. The van der Waals surface area contributed by atoms with E-state index < -0.39 is 17.7 Å². The number of carbonyl (C=O) groups is 2. The Labute approximate surface area is 211 Å². The van der Waals surface area contributed by atoms with Crippen molar-refractivity contribution in [2.24, 2.45) is 0 Å². The maximum Gasteiger partial charge on any atom is 0.295 e. The summed E-state index contributed by atoms with van der Waals surface area (Å²) in [7, 11) is 0. The Morgan fingerprint density at radius 1 is 1.06 bits per heavy atom. The molecule has 3 aromatic rings. The van der Waals surface area contributed by atoms with Crippen LogP contribution in [-0.4, -0.2) is 33.3 Å². The number of pyridine rings is 1. The third-order valence-electron chi connectivity index (χ3n) is 5.38. The third kappa shape index (κ3) is 4.62. The van der Waals surface area contributed by atoms with Gasteiger partial charge in [0.15, 0.2) is 0 Å². The van der Waals surface area contributed by atoms with Gasteiger partial charge in [-0.15, -0.1) is 0 Å². The molecule has 6 nitrogen and oxygen atoms in total. The van der Waals surface area contributed by atoms with Crippen molar-refractivity contribution in [3.05, 3.63) is 98.3 Å². The van der Waals surface area contributed by atoms with Crippen molar-refractivity contribution in [1.82, 2.24) is 9.88 Å². The topological polar surface area (TPSA) is 79.7 Å². The number of amides is 1. The van der Waals surface area contributed by atoms with Gasteiger partial charge in [0.1, 0.15) is 11.5 Å². The molecular formula is C25H19Cl3N2O4. The van der Waals surface area contributed by atoms with E-state index in [0.29, 0.717) is 28.0 Å². The summed E-state index contributed by atoms with van der Waals surface area (Å²) >= 11 is 18.5. The summed E-state index contributed by atoms with van der Waals surface area (Å²) in [6.07, 6.45) is 3.23. The van der Waals surface area contributed by atoms with Gasteiger partial charge in [-0.2, -0.15) is 0 Å². The van der Waals surface area contributed by atoms with Gasteiger partial charge in [0.25, 0.3) is 11.7 Å². The van der Waals surface area contributed by atoms with E-state index in [1.807, 2.05) is 0 Å². The smallest absolute Gasteiger partial charge is 0.295 e. The SMILES string of the molecule is CCOc1cc(/C(O)=C2/C(=O)C(=O)N(Cc3cccnc3)C2c2ccc(Cl)c(Cl)c2)ccc1Cl. The molecule has 34 heavy (non-hydrogen) atoms. The Kier molecular flexibility index (Phi) is 7.12. The van der Waals surface area contributed by atoms with Crippen molar-refractivity contribution in [1.29, 1.82) is 0 Å². The molecule has 1 fully saturated rings. The summed E-state index contributed by atoms with van der Waals surface area (Å²) in [5, 5.41) is 12.2.